The van der Waals surface area contributed by atoms with Crippen LogP contribution < -0.4 is 5.32 Å². The lowest BCUT2D eigenvalue weighted by Crippen LogP contribution is -2.48. The maximum atomic E-state index is 3.65. The van der Waals surface area contributed by atoms with Crippen LogP contribution in [0.15, 0.2) is 0 Å². The number of hydrogen-bond acceptors (Lipinski definition) is 3. The van der Waals surface area contributed by atoms with Gasteiger partial charge in [-0.1, -0.05) is 84.5 Å². The fourth-order valence-corrected chi connectivity index (χ4v) is 3.89. The van der Waals surface area contributed by atoms with Gasteiger partial charge in [-0.25, -0.2) is 0 Å². The Hall–Kier alpha value is -0.120. The highest BCUT2D eigenvalue weighted by Gasteiger charge is 2.15. The molecule has 0 atom stereocenters. The quantitative estimate of drug-likeness (QED) is 0.331. The average molecular weight is 368 g/mol. The first kappa shape index (κ1) is 23.9. The van der Waals surface area contributed by atoms with Gasteiger partial charge in [0.05, 0.1) is 0 Å². The Morgan fingerprint density at radius 3 is 1.50 bits per heavy atom. The van der Waals surface area contributed by atoms with Gasteiger partial charge in [0.15, 0.2) is 0 Å². The van der Waals surface area contributed by atoms with E-state index in [-0.39, 0.29) is 0 Å². The van der Waals surface area contributed by atoms with Crippen molar-refractivity contribution in [3.8, 4) is 0 Å². The Morgan fingerprint density at radius 1 is 0.500 bits per heavy atom. The predicted molar refractivity (Wildman–Crippen MR) is 117 cm³/mol. The fraction of sp³-hybridized carbons (Fsp3) is 1.00. The molecule has 0 saturated carbocycles. The molecule has 0 spiro atoms. The highest BCUT2D eigenvalue weighted by atomic mass is 15.3. The van der Waals surface area contributed by atoms with E-state index in [4.69, 9.17) is 0 Å². The first-order chi connectivity index (χ1) is 12.9. The lowest BCUT2D eigenvalue weighted by Gasteiger charge is -2.34. The SMILES string of the molecule is CCCCCCCCCCCCCNCCN1CCN(CCCC)CC1. The number of rotatable bonds is 18. The van der Waals surface area contributed by atoms with E-state index in [1.165, 1.54) is 136 Å². The lowest BCUT2D eigenvalue weighted by molar-refractivity contribution is 0.132. The molecule has 0 aliphatic carbocycles. The van der Waals surface area contributed by atoms with Crippen LogP contribution in [0.2, 0.25) is 0 Å². The molecule has 3 heteroatoms. The highest BCUT2D eigenvalue weighted by Crippen LogP contribution is 2.11. The second-order valence-electron chi connectivity index (χ2n) is 8.32. The minimum atomic E-state index is 1.17. The molecule has 26 heavy (non-hydrogen) atoms. The van der Waals surface area contributed by atoms with Crippen LogP contribution in [-0.4, -0.2) is 62.2 Å². The number of piperazine rings is 1. The number of hydrogen-bond donors (Lipinski definition) is 1. The second-order valence-corrected chi connectivity index (χ2v) is 8.32. The van der Waals surface area contributed by atoms with Crippen LogP contribution in [0.4, 0.5) is 0 Å². The van der Waals surface area contributed by atoms with Gasteiger partial charge in [-0.2, -0.15) is 0 Å². The zero-order chi connectivity index (χ0) is 18.7. The van der Waals surface area contributed by atoms with Crippen molar-refractivity contribution in [3.63, 3.8) is 0 Å². The van der Waals surface area contributed by atoms with Crippen LogP contribution in [0.5, 0.6) is 0 Å². The molecular formula is C23H49N3. The highest BCUT2D eigenvalue weighted by molar-refractivity contribution is 4.72. The van der Waals surface area contributed by atoms with Crippen LogP contribution in [-0.2, 0) is 0 Å². The van der Waals surface area contributed by atoms with Gasteiger partial charge in [-0.05, 0) is 25.9 Å². The van der Waals surface area contributed by atoms with Gasteiger partial charge in [0.1, 0.15) is 0 Å². The summed E-state index contributed by atoms with van der Waals surface area (Å²) < 4.78 is 0. The topological polar surface area (TPSA) is 18.5 Å². The van der Waals surface area contributed by atoms with Crippen molar-refractivity contribution >= 4 is 0 Å². The Labute approximate surface area is 165 Å². The Kier molecular flexibility index (Phi) is 16.8. The van der Waals surface area contributed by atoms with E-state index in [0.29, 0.717) is 0 Å². The summed E-state index contributed by atoms with van der Waals surface area (Å²) >= 11 is 0. The van der Waals surface area contributed by atoms with Crippen LogP contribution in [0, 0.1) is 0 Å². The van der Waals surface area contributed by atoms with E-state index in [2.05, 4.69) is 29.0 Å². The largest absolute Gasteiger partial charge is 0.315 e. The van der Waals surface area contributed by atoms with E-state index >= 15 is 0 Å². The fourth-order valence-electron chi connectivity index (χ4n) is 3.89. The summed E-state index contributed by atoms with van der Waals surface area (Å²) in [5, 5.41) is 3.65. The van der Waals surface area contributed by atoms with Gasteiger partial charge in [0.25, 0.3) is 0 Å². The van der Waals surface area contributed by atoms with Crippen molar-refractivity contribution in [2.45, 2.75) is 97.3 Å². The number of unbranched alkanes of at least 4 members (excludes halogenated alkanes) is 11. The van der Waals surface area contributed by atoms with Crippen molar-refractivity contribution < 1.29 is 0 Å². The van der Waals surface area contributed by atoms with Crippen LogP contribution in [0.3, 0.4) is 0 Å². The third-order valence-corrected chi connectivity index (χ3v) is 5.85. The van der Waals surface area contributed by atoms with E-state index in [0.717, 1.165) is 0 Å². The summed E-state index contributed by atoms with van der Waals surface area (Å²) in [6, 6.07) is 0. The maximum absolute atomic E-state index is 3.65. The monoisotopic (exact) mass is 367 g/mol. The molecule has 1 rings (SSSR count). The third kappa shape index (κ3) is 14.0. The molecule has 1 heterocycles. The minimum Gasteiger partial charge on any atom is -0.315 e. The van der Waals surface area contributed by atoms with Crippen molar-refractivity contribution in [1.29, 1.82) is 0 Å². The molecule has 1 fully saturated rings. The second kappa shape index (κ2) is 18.3. The minimum absolute atomic E-state index is 1.17. The smallest absolute Gasteiger partial charge is 0.0110 e. The molecule has 156 valence electrons. The molecule has 3 nitrogen and oxygen atoms in total. The van der Waals surface area contributed by atoms with Crippen molar-refractivity contribution in [2.24, 2.45) is 0 Å². The molecule has 1 aliphatic rings. The average Bonchev–Trinajstić information content (AvgIpc) is 2.67. The van der Waals surface area contributed by atoms with Gasteiger partial charge in [0, 0.05) is 39.3 Å². The van der Waals surface area contributed by atoms with Gasteiger partial charge < -0.3 is 10.2 Å². The summed E-state index contributed by atoms with van der Waals surface area (Å²) in [4.78, 5) is 5.27. The maximum Gasteiger partial charge on any atom is 0.0110 e. The zero-order valence-corrected chi connectivity index (χ0v) is 18.2. The van der Waals surface area contributed by atoms with Crippen LogP contribution in [0.25, 0.3) is 0 Å². The zero-order valence-electron chi connectivity index (χ0n) is 18.2. The predicted octanol–water partition coefficient (Wildman–Crippen LogP) is 5.30. The van der Waals surface area contributed by atoms with Gasteiger partial charge in [-0.3, -0.25) is 4.90 Å². The van der Waals surface area contributed by atoms with Crippen molar-refractivity contribution in [1.82, 2.24) is 15.1 Å². The molecule has 0 amide bonds. The van der Waals surface area contributed by atoms with Gasteiger partial charge in [-0.15, -0.1) is 0 Å². The molecule has 0 aromatic carbocycles. The number of nitrogens with one attached hydrogen (secondary N) is 1. The molecule has 0 aromatic rings. The van der Waals surface area contributed by atoms with E-state index < -0.39 is 0 Å². The standard InChI is InChI=1S/C23H49N3/c1-3-5-7-8-9-10-11-12-13-14-15-16-24-17-19-26-22-20-25(21-23-26)18-6-4-2/h24H,3-23H2,1-2H3. The summed E-state index contributed by atoms with van der Waals surface area (Å²) in [5.41, 5.74) is 0. The molecule has 1 N–H and O–H groups in total. The summed E-state index contributed by atoms with van der Waals surface area (Å²) in [6.45, 7) is 14.6. The Morgan fingerprint density at radius 2 is 0.962 bits per heavy atom. The van der Waals surface area contributed by atoms with E-state index in [1.807, 2.05) is 0 Å². The van der Waals surface area contributed by atoms with Crippen molar-refractivity contribution in [2.75, 3.05) is 52.4 Å². The van der Waals surface area contributed by atoms with E-state index in [9.17, 15) is 0 Å². The molecular weight excluding hydrogens is 318 g/mol. The Balaban J connectivity index is 1.75. The molecule has 1 saturated heterocycles. The summed E-state index contributed by atoms with van der Waals surface area (Å²) in [6.07, 6.45) is 18.5. The molecule has 0 radical (unpaired) electrons. The lowest BCUT2D eigenvalue weighted by atomic mass is 10.1. The normalized spacial score (nSPS) is 16.4. The van der Waals surface area contributed by atoms with E-state index in [1.54, 1.807) is 0 Å². The molecule has 0 bridgehead atoms. The summed E-state index contributed by atoms with van der Waals surface area (Å²) in [7, 11) is 0. The molecule has 0 aromatic heterocycles. The van der Waals surface area contributed by atoms with Crippen molar-refractivity contribution in [3.05, 3.63) is 0 Å². The first-order valence-corrected chi connectivity index (χ1v) is 12.0. The molecule has 0 unspecified atom stereocenters. The number of nitrogens with zero attached hydrogens (tertiary/aromatic N) is 2. The first-order valence-electron chi connectivity index (χ1n) is 12.0. The molecule has 1 aliphatic heterocycles. The third-order valence-electron chi connectivity index (χ3n) is 5.85. The van der Waals surface area contributed by atoms with Gasteiger partial charge in [0.2, 0.25) is 0 Å². The van der Waals surface area contributed by atoms with Crippen LogP contribution >= 0.6 is 0 Å². The van der Waals surface area contributed by atoms with Crippen LogP contribution in [0.1, 0.15) is 97.3 Å². The van der Waals surface area contributed by atoms with Gasteiger partial charge >= 0.3 is 0 Å². The Bertz CT molecular complexity index is 275. The summed E-state index contributed by atoms with van der Waals surface area (Å²) in [5.74, 6) is 0.